The Labute approximate surface area is 122 Å². The number of nitrogens with one attached hydrogen (secondary N) is 1. The molecule has 0 saturated heterocycles. The average Bonchev–Trinajstić information content (AvgIpc) is 2.72. The van der Waals surface area contributed by atoms with Crippen molar-refractivity contribution in [3.8, 4) is 11.5 Å². The minimum atomic E-state index is 0.516. The third kappa shape index (κ3) is 3.45. The first-order chi connectivity index (χ1) is 9.80. The van der Waals surface area contributed by atoms with Crippen LogP contribution in [-0.4, -0.2) is 26.8 Å². The zero-order valence-corrected chi connectivity index (χ0v) is 12.9. The van der Waals surface area contributed by atoms with Gasteiger partial charge in [0.05, 0.1) is 14.2 Å². The minimum Gasteiger partial charge on any atom is -0.497 e. The van der Waals surface area contributed by atoms with Gasteiger partial charge < -0.3 is 14.8 Å². The summed E-state index contributed by atoms with van der Waals surface area (Å²) in [5.74, 6) is 2.42. The second-order valence-corrected chi connectivity index (χ2v) is 5.52. The number of benzene rings is 1. The van der Waals surface area contributed by atoms with E-state index in [0.717, 1.165) is 18.0 Å². The average molecular weight is 277 g/mol. The van der Waals surface area contributed by atoms with Crippen molar-refractivity contribution >= 4 is 0 Å². The molecule has 1 aromatic rings. The van der Waals surface area contributed by atoms with Crippen LogP contribution in [0.2, 0.25) is 0 Å². The molecule has 1 saturated carbocycles. The van der Waals surface area contributed by atoms with Gasteiger partial charge in [0.2, 0.25) is 0 Å². The maximum absolute atomic E-state index is 5.58. The molecular formula is C17H27NO2. The van der Waals surface area contributed by atoms with Crippen LogP contribution in [-0.2, 0) is 0 Å². The Balaban J connectivity index is 2.33. The molecule has 0 aliphatic heterocycles. The summed E-state index contributed by atoms with van der Waals surface area (Å²) in [5, 5.41) is 3.67. The van der Waals surface area contributed by atoms with Gasteiger partial charge in [-0.3, -0.25) is 0 Å². The van der Waals surface area contributed by atoms with Crippen LogP contribution in [0.5, 0.6) is 11.5 Å². The van der Waals surface area contributed by atoms with Gasteiger partial charge in [0.1, 0.15) is 11.5 Å². The first-order valence-corrected chi connectivity index (χ1v) is 7.75. The summed E-state index contributed by atoms with van der Waals surface area (Å²) in [6, 6.07) is 6.70. The maximum atomic E-state index is 5.58. The van der Waals surface area contributed by atoms with Gasteiger partial charge in [-0.25, -0.2) is 0 Å². The van der Waals surface area contributed by atoms with Gasteiger partial charge in [-0.2, -0.15) is 0 Å². The van der Waals surface area contributed by atoms with Crippen molar-refractivity contribution in [1.29, 1.82) is 0 Å². The number of ether oxygens (including phenoxy) is 2. The molecule has 0 aromatic heterocycles. The molecule has 20 heavy (non-hydrogen) atoms. The smallest absolute Gasteiger partial charge is 0.122 e. The molecule has 3 nitrogen and oxygen atoms in total. The lowest BCUT2D eigenvalue weighted by molar-refractivity contribution is 0.373. The van der Waals surface area contributed by atoms with E-state index >= 15 is 0 Å². The van der Waals surface area contributed by atoms with E-state index in [-0.39, 0.29) is 0 Å². The molecule has 2 atom stereocenters. The first-order valence-electron chi connectivity index (χ1n) is 7.75. The van der Waals surface area contributed by atoms with E-state index in [2.05, 4.69) is 18.3 Å². The van der Waals surface area contributed by atoms with E-state index in [4.69, 9.17) is 9.47 Å². The van der Waals surface area contributed by atoms with Crippen molar-refractivity contribution in [2.45, 2.75) is 51.0 Å². The normalized spacial score (nSPS) is 23.1. The molecule has 0 heterocycles. The van der Waals surface area contributed by atoms with Crippen LogP contribution in [0, 0.1) is 0 Å². The van der Waals surface area contributed by atoms with Crippen LogP contribution in [0.4, 0.5) is 0 Å². The quantitative estimate of drug-likeness (QED) is 0.832. The zero-order valence-electron chi connectivity index (χ0n) is 12.9. The molecule has 1 N–H and O–H groups in total. The Hall–Kier alpha value is -1.22. The molecule has 3 heteroatoms. The van der Waals surface area contributed by atoms with Crippen molar-refractivity contribution in [3.63, 3.8) is 0 Å². The third-order valence-electron chi connectivity index (χ3n) is 4.32. The van der Waals surface area contributed by atoms with E-state index in [1.807, 2.05) is 12.1 Å². The van der Waals surface area contributed by atoms with E-state index in [0.29, 0.717) is 12.0 Å². The number of hydrogen-bond donors (Lipinski definition) is 1. The standard InChI is InChI=1S/C17H27NO2/c1-4-18-16-9-7-5-6-8-14(16)15-12-13(19-2)10-11-17(15)20-3/h10-12,14,16,18H,4-9H2,1-3H3. The Bertz CT molecular complexity index is 419. The molecule has 2 unspecified atom stereocenters. The van der Waals surface area contributed by atoms with E-state index < -0.39 is 0 Å². The van der Waals surface area contributed by atoms with Gasteiger partial charge in [-0.05, 0) is 37.6 Å². The molecule has 112 valence electrons. The molecule has 0 bridgehead atoms. The number of hydrogen-bond acceptors (Lipinski definition) is 3. The lowest BCUT2D eigenvalue weighted by atomic mass is 9.86. The van der Waals surface area contributed by atoms with Crippen molar-refractivity contribution in [1.82, 2.24) is 5.32 Å². The van der Waals surface area contributed by atoms with Gasteiger partial charge in [0, 0.05) is 17.5 Å². The van der Waals surface area contributed by atoms with Gasteiger partial charge in [-0.15, -0.1) is 0 Å². The predicted octanol–water partition coefficient (Wildman–Crippen LogP) is 3.73. The molecule has 0 spiro atoms. The Morgan fingerprint density at radius 2 is 1.90 bits per heavy atom. The van der Waals surface area contributed by atoms with E-state index in [1.165, 1.54) is 37.7 Å². The first kappa shape index (κ1) is 15.2. The fourth-order valence-electron chi connectivity index (χ4n) is 3.32. The summed E-state index contributed by atoms with van der Waals surface area (Å²) in [6.07, 6.45) is 6.43. The summed E-state index contributed by atoms with van der Waals surface area (Å²) in [7, 11) is 3.48. The van der Waals surface area contributed by atoms with Crippen molar-refractivity contribution in [2.24, 2.45) is 0 Å². The third-order valence-corrected chi connectivity index (χ3v) is 4.32. The largest absolute Gasteiger partial charge is 0.497 e. The highest BCUT2D eigenvalue weighted by atomic mass is 16.5. The second kappa shape index (κ2) is 7.53. The molecule has 0 radical (unpaired) electrons. The summed E-state index contributed by atoms with van der Waals surface area (Å²) in [4.78, 5) is 0. The molecule has 1 aromatic carbocycles. The van der Waals surface area contributed by atoms with Gasteiger partial charge in [-0.1, -0.05) is 26.2 Å². The topological polar surface area (TPSA) is 30.5 Å². The number of rotatable bonds is 5. The highest BCUT2D eigenvalue weighted by molar-refractivity contribution is 5.43. The summed E-state index contributed by atoms with van der Waals surface area (Å²) in [6.45, 7) is 3.21. The van der Waals surface area contributed by atoms with E-state index in [1.54, 1.807) is 14.2 Å². The molecule has 1 aliphatic carbocycles. The Morgan fingerprint density at radius 1 is 1.10 bits per heavy atom. The van der Waals surface area contributed by atoms with Crippen LogP contribution in [0.25, 0.3) is 0 Å². The van der Waals surface area contributed by atoms with Gasteiger partial charge >= 0.3 is 0 Å². The lowest BCUT2D eigenvalue weighted by Gasteiger charge is -2.28. The van der Waals surface area contributed by atoms with Crippen LogP contribution in [0.3, 0.4) is 0 Å². The van der Waals surface area contributed by atoms with Gasteiger partial charge in [0.15, 0.2) is 0 Å². The SMILES string of the molecule is CCNC1CCCCCC1c1cc(OC)ccc1OC. The number of likely N-dealkylation sites (N-methyl/N-ethyl adjacent to an activating group) is 1. The molecular weight excluding hydrogens is 250 g/mol. The summed E-state index contributed by atoms with van der Waals surface area (Å²) < 4.78 is 11.0. The summed E-state index contributed by atoms with van der Waals surface area (Å²) >= 11 is 0. The number of methoxy groups -OCH3 is 2. The second-order valence-electron chi connectivity index (χ2n) is 5.52. The minimum absolute atomic E-state index is 0.516. The van der Waals surface area contributed by atoms with Crippen molar-refractivity contribution < 1.29 is 9.47 Å². The van der Waals surface area contributed by atoms with Crippen LogP contribution in [0.15, 0.2) is 18.2 Å². The fraction of sp³-hybridized carbons (Fsp3) is 0.647. The van der Waals surface area contributed by atoms with Gasteiger partial charge in [0.25, 0.3) is 0 Å². The van der Waals surface area contributed by atoms with E-state index in [9.17, 15) is 0 Å². The lowest BCUT2D eigenvalue weighted by Crippen LogP contribution is -2.34. The molecule has 0 amide bonds. The monoisotopic (exact) mass is 277 g/mol. The highest BCUT2D eigenvalue weighted by Crippen LogP contribution is 2.38. The van der Waals surface area contributed by atoms with Crippen molar-refractivity contribution in [3.05, 3.63) is 23.8 Å². The fourth-order valence-corrected chi connectivity index (χ4v) is 3.32. The van der Waals surface area contributed by atoms with Crippen LogP contribution < -0.4 is 14.8 Å². The van der Waals surface area contributed by atoms with Crippen LogP contribution >= 0.6 is 0 Å². The maximum Gasteiger partial charge on any atom is 0.122 e. The Morgan fingerprint density at radius 3 is 2.60 bits per heavy atom. The highest BCUT2D eigenvalue weighted by Gasteiger charge is 2.27. The van der Waals surface area contributed by atoms with Crippen LogP contribution in [0.1, 0.15) is 50.5 Å². The molecule has 1 fully saturated rings. The predicted molar refractivity (Wildman–Crippen MR) is 82.8 cm³/mol. The molecule has 2 rings (SSSR count). The zero-order chi connectivity index (χ0) is 14.4. The Kier molecular flexibility index (Phi) is 5.72. The summed E-state index contributed by atoms with van der Waals surface area (Å²) in [5.41, 5.74) is 1.29. The van der Waals surface area contributed by atoms with Crippen molar-refractivity contribution in [2.75, 3.05) is 20.8 Å². The molecule has 1 aliphatic rings.